The highest BCUT2D eigenvalue weighted by Crippen LogP contribution is 2.29. The van der Waals surface area contributed by atoms with Gasteiger partial charge in [0.25, 0.3) is 0 Å². The second-order valence-corrected chi connectivity index (χ2v) is 9.29. The van der Waals surface area contributed by atoms with Crippen LogP contribution in [0.15, 0.2) is 67.4 Å². The number of pyridine rings is 1. The van der Waals surface area contributed by atoms with Crippen LogP contribution in [0.5, 0.6) is 0 Å². The van der Waals surface area contributed by atoms with Crippen molar-refractivity contribution in [2.75, 3.05) is 25.0 Å². The summed E-state index contributed by atoms with van der Waals surface area (Å²) < 4.78 is 38.6. The van der Waals surface area contributed by atoms with E-state index >= 15 is 0 Å². The van der Waals surface area contributed by atoms with Crippen LogP contribution in [0, 0.1) is 0 Å². The normalized spacial score (nSPS) is 15.1. The van der Waals surface area contributed by atoms with Crippen molar-refractivity contribution < 1.29 is 18.0 Å². The number of carbonyl (C=O) groups is 1. The second-order valence-electron chi connectivity index (χ2n) is 9.29. The minimum Gasteiger partial charge on any atom is -0.339 e. The third-order valence-electron chi connectivity index (χ3n) is 6.48. The number of nitrogens with zero attached hydrogens (tertiary/aromatic N) is 5. The van der Waals surface area contributed by atoms with Gasteiger partial charge in [-0.2, -0.15) is 13.2 Å². The van der Waals surface area contributed by atoms with Crippen LogP contribution in [0.4, 0.5) is 24.7 Å². The molecule has 0 atom stereocenters. The molecule has 0 aliphatic carbocycles. The maximum atomic E-state index is 13.4. The smallest absolute Gasteiger partial charge is 0.339 e. The van der Waals surface area contributed by atoms with E-state index in [0.717, 1.165) is 62.3 Å². The van der Waals surface area contributed by atoms with Gasteiger partial charge in [-0.05, 0) is 67.3 Å². The Kier molecular flexibility index (Phi) is 9.06. The highest BCUT2D eigenvalue weighted by molar-refractivity contribution is 5.92. The van der Waals surface area contributed by atoms with Crippen molar-refractivity contribution in [3.05, 3.63) is 84.1 Å². The molecule has 0 saturated carbocycles. The Morgan fingerprint density at radius 1 is 1.13 bits per heavy atom. The van der Waals surface area contributed by atoms with Crippen LogP contribution in [0.3, 0.4) is 0 Å². The molecule has 1 amide bonds. The van der Waals surface area contributed by atoms with E-state index in [-0.39, 0.29) is 11.9 Å². The molecule has 0 bridgehead atoms. The topological polar surface area (TPSA) is 74.2 Å². The number of rotatable bonds is 9. The van der Waals surface area contributed by atoms with Crippen molar-refractivity contribution in [1.82, 2.24) is 24.8 Å². The molecule has 1 N–H and O–H groups in total. The molecule has 1 saturated heterocycles. The quantitative estimate of drug-likeness (QED) is 0.370. The van der Waals surface area contributed by atoms with E-state index in [1.54, 1.807) is 30.7 Å². The standard InChI is InChI=1S/C28H31F3N6O/c1-2-13-36-14-10-25(11-15-36)37(27(38)8-5-21-3-6-23(7-4-21)28(29,30)31)19-22-16-24(18-33-17-22)35-26-9-12-32-20-34-26/h3-9,12,16-18,20,25H,2,10-11,13-15,19H2,1H3,(H,32,34,35)/b8-5+. The number of benzene rings is 1. The van der Waals surface area contributed by atoms with E-state index in [1.807, 2.05) is 11.0 Å². The van der Waals surface area contributed by atoms with E-state index < -0.39 is 11.7 Å². The van der Waals surface area contributed by atoms with Gasteiger partial charge in [-0.3, -0.25) is 9.78 Å². The summed E-state index contributed by atoms with van der Waals surface area (Å²) in [5, 5.41) is 3.19. The summed E-state index contributed by atoms with van der Waals surface area (Å²) in [6.07, 6.45) is 7.91. The molecule has 1 fully saturated rings. The summed E-state index contributed by atoms with van der Waals surface area (Å²) in [6, 6.07) is 8.50. The first-order chi connectivity index (χ1) is 18.3. The number of nitrogens with one attached hydrogen (secondary N) is 1. The average Bonchev–Trinajstić information content (AvgIpc) is 2.92. The van der Waals surface area contributed by atoms with Gasteiger partial charge in [-0.25, -0.2) is 9.97 Å². The summed E-state index contributed by atoms with van der Waals surface area (Å²) >= 11 is 0. The molecular weight excluding hydrogens is 493 g/mol. The van der Waals surface area contributed by atoms with E-state index in [2.05, 4.69) is 32.1 Å². The Morgan fingerprint density at radius 3 is 2.55 bits per heavy atom. The predicted molar refractivity (Wildman–Crippen MR) is 140 cm³/mol. The lowest BCUT2D eigenvalue weighted by Crippen LogP contribution is -2.46. The van der Waals surface area contributed by atoms with Crippen LogP contribution in [0.25, 0.3) is 6.08 Å². The number of piperidine rings is 1. The predicted octanol–water partition coefficient (Wildman–Crippen LogP) is 5.55. The van der Waals surface area contributed by atoms with Gasteiger partial charge in [0.1, 0.15) is 12.1 Å². The molecule has 38 heavy (non-hydrogen) atoms. The Morgan fingerprint density at radius 2 is 1.89 bits per heavy atom. The van der Waals surface area contributed by atoms with Crippen LogP contribution in [0.1, 0.15) is 42.9 Å². The van der Waals surface area contributed by atoms with Crippen LogP contribution in [0.2, 0.25) is 0 Å². The van der Waals surface area contributed by atoms with Gasteiger partial charge in [-0.15, -0.1) is 0 Å². The Bertz CT molecular complexity index is 1210. The van der Waals surface area contributed by atoms with Crippen molar-refractivity contribution in [2.24, 2.45) is 0 Å². The first kappa shape index (κ1) is 27.3. The third kappa shape index (κ3) is 7.61. The minimum absolute atomic E-state index is 0.0475. The zero-order valence-corrected chi connectivity index (χ0v) is 21.2. The molecule has 0 spiro atoms. The Balaban J connectivity index is 1.50. The lowest BCUT2D eigenvalue weighted by Gasteiger charge is -2.38. The van der Waals surface area contributed by atoms with Crippen molar-refractivity contribution in [2.45, 2.75) is 44.9 Å². The van der Waals surface area contributed by atoms with Crippen molar-refractivity contribution >= 4 is 23.5 Å². The van der Waals surface area contributed by atoms with E-state index in [9.17, 15) is 18.0 Å². The second kappa shape index (κ2) is 12.6. The van der Waals surface area contributed by atoms with Gasteiger partial charge in [0, 0.05) is 44.1 Å². The number of anilines is 2. The lowest BCUT2D eigenvalue weighted by molar-refractivity contribution is -0.137. The van der Waals surface area contributed by atoms with Gasteiger partial charge in [0.15, 0.2) is 0 Å². The number of alkyl halides is 3. The lowest BCUT2D eigenvalue weighted by atomic mass is 10.0. The van der Waals surface area contributed by atoms with Crippen molar-refractivity contribution in [3.8, 4) is 0 Å². The molecule has 10 heteroatoms. The van der Waals surface area contributed by atoms with Gasteiger partial charge >= 0.3 is 6.18 Å². The molecule has 200 valence electrons. The molecule has 4 rings (SSSR count). The summed E-state index contributed by atoms with van der Waals surface area (Å²) in [4.78, 5) is 30.1. The molecule has 3 aromatic rings. The number of hydrogen-bond acceptors (Lipinski definition) is 6. The fraction of sp³-hybridized carbons (Fsp3) is 0.357. The molecule has 1 aliphatic rings. The van der Waals surface area contributed by atoms with Crippen molar-refractivity contribution in [1.29, 1.82) is 0 Å². The molecular formula is C28H31F3N6O. The first-order valence-electron chi connectivity index (χ1n) is 12.7. The van der Waals surface area contributed by atoms with Crippen molar-refractivity contribution in [3.63, 3.8) is 0 Å². The highest BCUT2D eigenvalue weighted by Gasteiger charge is 2.30. The summed E-state index contributed by atoms with van der Waals surface area (Å²) in [5.41, 5.74) is 1.41. The molecule has 3 heterocycles. The van der Waals surface area contributed by atoms with Crippen LogP contribution < -0.4 is 5.32 Å². The summed E-state index contributed by atoms with van der Waals surface area (Å²) in [7, 11) is 0. The van der Waals surface area contributed by atoms with E-state index in [1.165, 1.54) is 24.5 Å². The number of carbonyl (C=O) groups excluding carboxylic acids is 1. The summed E-state index contributed by atoms with van der Waals surface area (Å²) in [6.45, 7) is 5.39. The maximum absolute atomic E-state index is 13.4. The average molecular weight is 525 g/mol. The van der Waals surface area contributed by atoms with Gasteiger partial charge in [0.2, 0.25) is 5.91 Å². The van der Waals surface area contributed by atoms with Crippen LogP contribution in [-0.4, -0.2) is 56.3 Å². The molecule has 1 aliphatic heterocycles. The van der Waals surface area contributed by atoms with Gasteiger partial charge in [-0.1, -0.05) is 19.1 Å². The first-order valence-corrected chi connectivity index (χ1v) is 12.7. The molecule has 1 aromatic carbocycles. The highest BCUT2D eigenvalue weighted by atomic mass is 19.4. The van der Waals surface area contributed by atoms with E-state index in [0.29, 0.717) is 17.9 Å². The molecule has 0 radical (unpaired) electrons. The third-order valence-corrected chi connectivity index (χ3v) is 6.48. The SMILES string of the molecule is CCCN1CCC(N(Cc2cncc(Nc3ccncn3)c2)C(=O)/C=C/c2ccc(C(F)(F)F)cc2)CC1. The number of aromatic nitrogens is 3. The number of hydrogen-bond donors (Lipinski definition) is 1. The Labute approximate surface area is 220 Å². The number of likely N-dealkylation sites (tertiary alicyclic amines) is 1. The summed E-state index contributed by atoms with van der Waals surface area (Å²) in [5.74, 6) is 0.447. The minimum atomic E-state index is -4.40. The van der Waals surface area contributed by atoms with Gasteiger partial charge in [0.05, 0.1) is 17.4 Å². The Hall–Kier alpha value is -3.79. The zero-order chi connectivity index (χ0) is 27.0. The van der Waals surface area contributed by atoms with Gasteiger partial charge < -0.3 is 15.1 Å². The number of halogens is 3. The number of amides is 1. The fourth-order valence-corrected chi connectivity index (χ4v) is 4.56. The molecule has 7 nitrogen and oxygen atoms in total. The van der Waals surface area contributed by atoms with Crippen LogP contribution >= 0.6 is 0 Å². The van der Waals surface area contributed by atoms with Crippen LogP contribution in [-0.2, 0) is 17.5 Å². The fourth-order valence-electron chi connectivity index (χ4n) is 4.56. The maximum Gasteiger partial charge on any atom is 0.416 e. The molecule has 2 aromatic heterocycles. The molecule has 0 unspecified atom stereocenters. The largest absolute Gasteiger partial charge is 0.416 e. The zero-order valence-electron chi connectivity index (χ0n) is 21.2. The van der Waals surface area contributed by atoms with E-state index in [4.69, 9.17) is 0 Å². The monoisotopic (exact) mass is 524 g/mol.